The topological polar surface area (TPSA) is 30.7 Å². The minimum absolute atomic E-state index is 0.950. The summed E-state index contributed by atoms with van der Waals surface area (Å²) in [5, 5.41) is 5.40. The first kappa shape index (κ1) is 9.09. The van der Waals surface area contributed by atoms with Gasteiger partial charge in [-0.15, -0.1) is 0 Å². The smallest absolute Gasteiger partial charge is 0.0923 e. The molecule has 0 amide bonds. The molecule has 16 heavy (non-hydrogen) atoms. The van der Waals surface area contributed by atoms with Gasteiger partial charge < -0.3 is 0 Å². The molecule has 0 N–H and O–H groups in total. The van der Waals surface area contributed by atoms with Gasteiger partial charge in [0.25, 0.3) is 0 Å². The summed E-state index contributed by atoms with van der Waals surface area (Å²) in [7, 11) is 1.91. The highest BCUT2D eigenvalue weighted by molar-refractivity contribution is 5.82. The molecule has 1 radical (unpaired) electrons. The number of hydrogen-bond acceptors (Lipinski definition) is 2. The minimum Gasteiger partial charge on any atom is -0.275 e. The first-order valence-corrected chi connectivity index (χ1v) is 5.09. The zero-order valence-electron chi connectivity index (χ0n) is 8.88. The van der Waals surface area contributed by atoms with Crippen LogP contribution in [0.3, 0.4) is 0 Å². The Hall–Kier alpha value is -2.16. The maximum atomic E-state index is 4.37. The van der Waals surface area contributed by atoms with Gasteiger partial charge in [-0.3, -0.25) is 9.67 Å². The normalized spacial score (nSPS) is 10.8. The summed E-state index contributed by atoms with van der Waals surface area (Å²) in [5.41, 5.74) is 3.00. The van der Waals surface area contributed by atoms with Crippen molar-refractivity contribution >= 4 is 10.9 Å². The molecule has 0 bridgehead atoms. The van der Waals surface area contributed by atoms with Crippen LogP contribution >= 0.6 is 0 Å². The van der Waals surface area contributed by atoms with Gasteiger partial charge in [0.15, 0.2) is 0 Å². The highest BCUT2D eigenvalue weighted by Gasteiger charge is 2.02. The van der Waals surface area contributed by atoms with Crippen LogP contribution in [0.1, 0.15) is 0 Å². The Bertz CT molecular complexity index is 640. The predicted octanol–water partition coefficient (Wildman–Crippen LogP) is 2.44. The molecule has 0 aliphatic rings. The second-order valence-electron chi connectivity index (χ2n) is 3.70. The number of pyridine rings is 1. The van der Waals surface area contributed by atoms with E-state index in [1.165, 1.54) is 0 Å². The van der Waals surface area contributed by atoms with E-state index in [4.69, 9.17) is 0 Å². The summed E-state index contributed by atoms with van der Waals surface area (Å²) < 4.78 is 1.80. The van der Waals surface area contributed by atoms with E-state index in [9.17, 15) is 0 Å². The van der Waals surface area contributed by atoms with Crippen LogP contribution in [0.15, 0.2) is 42.7 Å². The van der Waals surface area contributed by atoms with Crippen molar-refractivity contribution in [3.63, 3.8) is 0 Å². The third kappa shape index (κ3) is 1.46. The maximum absolute atomic E-state index is 4.37. The number of rotatable bonds is 1. The Labute approximate surface area is 93.4 Å². The number of aromatic nitrogens is 3. The molecule has 0 unspecified atom stereocenters. The molecule has 3 aromatic rings. The van der Waals surface area contributed by atoms with Gasteiger partial charge in [0.1, 0.15) is 0 Å². The third-order valence-corrected chi connectivity index (χ3v) is 2.53. The highest BCUT2D eigenvalue weighted by atomic mass is 15.2. The molecular formula is C13H10N3. The molecule has 0 fully saturated rings. The van der Waals surface area contributed by atoms with E-state index < -0.39 is 0 Å². The van der Waals surface area contributed by atoms with Crippen molar-refractivity contribution in [2.45, 2.75) is 0 Å². The standard InChI is InChI=1S/C13H10N3/c1-16-8-6-12(15-16)11-5-4-10-3-2-7-14-13(10)9-11/h2,4-9H,1H3. The van der Waals surface area contributed by atoms with Gasteiger partial charge in [-0.25, -0.2) is 0 Å². The summed E-state index contributed by atoms with van der Waals surface area (Å²) in [4.78, 5) is 4.31. The van der Waals surface area contributed by atoms with Gasteiger partial charge in [-0.2, -0.15) is 5.10 Å². The molecule has 77 valence electrons. The lowest BCUT2D eigenvalue weighted by Gasteiger charge is -1.99. The number of aryl methyl sites for hydroxylation is 1. The Morgan fingerprint density at radius 1 is 1.25 bits per heavy atom. The van der Waals surface area contributed by atoms with E-state index in [1.54, 1.807) is 10.9 Å². The van der Waals surface area contributed by atoms with Crippen LogP contribution in [0, 0.1) is 6.07 Å². The van der Waals surface area contributed by atoms with Crippen LogP contribution < -0.4 is 0 Å². The van der Waals surface area contributed by atoms with Crippen molar-refractivity contribution in [3.05, 3.63) is 48.8 Å². The second kappa shape index (κ2) is 3.45. The molecule has 0 aliphatic carbocycles. The zero-order chi connectivity index (χ0) is 11.0. The molecular weight excluding hydrogens is 198 g/mol. The van der Waals surface area contributed by atoms with Crippen LogP contribution in [0.2, 0.25) is 0 Å². The molecule has 1 aromatic carbocycles. The van der Waals surface area contributed by atoms with Gasteiger partial charge in [-0.05, 0) is 24.3 Å². The lowest BCUT2D eigenvalue weighted by Crippen LogP contribution is -1.88. The fourth-order valence-electron chi connectivity index (χ4n) is 1.73. The number of fused-ring (bicyclic) bond motifs is 1. The van der Waals surface area contributed by atoms with Gasteiger partial charge in [-0.1, -0.05) is 12.1 Å². The quantitative estimate of drug-likeness (QED) is 0.615. The third-order valence-electron chi connectivity index (χ3n) is 2.53. The van der Waals surface area contributed by atoms with E-state index >= 15 is 0 Å². The number of benzene rings is 1. The molecule has 3 nitrogen and oxygen atoms in total. The van der Waals surface area contributed by atoms with E-state index in [0.717, 1.165) is 22.2 Å². The minimum atomic E-state index is 0.950. The summed E-state index contributed by atoms with van der Waals surface area (Å²) in [6.45, 7) is 0. The number of nitrogens with zero attached hydrogens (tertiary/aromatic N) is 3. The Morgan fingerprint density at radius 3 is 3.00 bits per heavy atom. The van der Waals surface area contributed by atoms with E-state index in [-0.39, 0.29) is 0 Å². The molecule has 2 aromatic heterocycles. The molecule has 0 saturated carbocycles. The van der Waals surface area contributed by atoms with Crippen molar-refractivity contribution in [1.29, 1.82) is 0 Å². The molecule has 0 saturated heterocycles. The zero-order valence-corrected chi connectivity index (χ0v) is 8.88. The predicted molar refractivity (Wildman–Crippen MR) is 62.8 cm³/mol. The van der Waals surface area contributed by atoms with Gasteiger partial charge in [0.2, 0.25) is 0 Å². The lowest BCUT2D eigenvalue weighted by molar-refractivity contribution is 0.771. The summed E-state index contributed by atoms with van der Waals surface area (Å²) in [6.07, 6.45) is 3.69. The average molecular weight is 208 g/mol. The van der Waals surface area contributed by atoms with Crippen LogP contribution in [0.4, 0.5) is 0 Å². The maximum Gasteiger partial charge on any atom is 0.0923 e. The molecule has 3 rings (SSSR count). The summed E-state index contributed by atoms with van der Waals surface area (Å²) in [6, 6.07) is 13.1. The van der Waals surface area contributed by atoms with Gasteiger partial charge in [0.05, 0.1) is 11.2 Å². The highest BCUT2D eigenvalue weighted by Crippen LogP contribution is 2.21. The summed E-state index contributed by atoms with van der Waals surface area (Å²) in [5.74, 6) is 0. The molecule has 3 heteroatoms. The Kier molecular flexibility index (Phi) is 1.96. The van der Waals surface area contributed by atoms with Crippen molar-refractivity contribution in [1.82, 2.24) is 14.8 Å². The van der Waals surface area contributed by atoms with E-state index in [1.807, 2.05) is 43.6 Å². The largest absolute Gasteiger partial charge is 0.275 e. The summed E-state index contributed by atoms with van der Waals surface area (Å²) >= 11 is 0. The molecule has 2 heterocycles. The average Bonchev–Trinajstić information content (AvgIpc) is 2.75. The van der Waals surface area contributed by atoms with Crippen molar-refractivity contribution in [2.75, 3.05) is 0 Å². The fourth-order valence-corrected chi connectivity index (χ4v) is 1.73. The van der Waals surface area contributed by atoms with Gasteiger partial charge in [0, 0.05) is 30.4 Å². The van der Waals surface area contributed by atoms with Crippen LogP contribution in [-0.4, -0.2) is 14.8 Å². The molecule has 0 atom stereocenters. The first-order valence-electron chi connectivity index (χ1n) is 5.09. The van der Waals surface area contributed by atoms with Crippen LogP contribution in [0.5, 0.6) is 0 Å². The van der Waals surface area contributed by atoms with Crippen LogP contribution in [-0.2, 0) is 7.05 Å². The van der Waals surface area contributed by atoms with E-state index in [2.05, 4.69) is 16.1 Å². The Balaban J connectivity index is 2.18. The molecule has 0 aliphatic heterocycles. The first-order chi connectivity index (χ1) is 7.83. The number of hydrogen-bond donors (Lipinski definition) is 0. The van der Waals surface area contributed by atoms with Crippen molar-refractivity contribution < 1.29 is 0 Å². The fraction of sp³-hybridized carbons (Fsp3) is 0.0769. The van der Waals surface area contributed by atoms with Crippen molar-refractivity contribution in [2.24, 2.45) is 7.05 Å². The monoisotopic (exact) mass is 208 g/mol. The SMILES string of the molecule is Cn1ccc(-c2ccc3[c]ccnc3c2)n1. The Morgan fingerprint density at radius 2 is 2.19 bits per heavy atom. The lowest BCUT2D eigenvalue weighted by atomic mass is 10.1. The van der Waals surface area contributed by atoms with E-state index in [0.29, 0.717) is 0 Å². The van der Waals surface area contributed by atoms with Gasteiger partial charge >= 0.3 is 0 Å². The van der Waals surface area contributed by atoms with Crippen LogP contribution in [0.25, 0.3) is 22.2 Å². The molecule has 0 spiro atoms. The second-order valence-corrected chi connectivity index (χ2v) is 3.70. The van der Waals surface area contributed by atoms with Crippen molar-refractivity contribution in [3.8, 4) is 11.3 Å².